The molecule has 0 aromatic carbocycles. The summed E-state index contributed by atoms with van der Waals surface area (Å²) in [6.45, 7) is 4.69. The highest BCUT2D eigenvalue weighted by Gasteiger charge is 2.33. The summed E-state index contributed by atoms with van der Waals surface area (Å²) in [7, 11) is 0. The Labute approximate surface area is 190 Å². The third-order valence-corrected chi connectivity index (χ3v) is 7.14. The summed E-state index contributed by atoms with van der Waals surface area (Å²) in [4.78, 5) is 43.3. The Kier molecular flexibility index (Phi) is 6.03. The van der Waals surface area contributed by atoms with Crippen LogP contribution < -0.4 is 5.32 Å². The Morgan fingerprint density at radius 3 is 2.84 bits per heavy atom. The zero-order valence-electron chi connectivity index (χ0n) is 17.8. The van der Waals surface area contributed by atoms with E-state index in [9.17, 15) is 14.4 Å². The fourth-order valence-electron chi connectivity index (χ4n) is 4.52. The quantitative estimate of drug-likeness (QED) is 0.641. The third-order valence-electron chi connectivity index (χ3n) is 6.28. The van der Waals surface area contributed by atoms with Crippen molar-refractivity contribution in [3.8, 4) is 0 Å². The maximum Gasteiger partial charge on any atom is 0.288 e. The van der Waals surface area contributed by atoms with E-state index in [0.717, 1.165) is 61.6 Å². The van der Waals surface area contributed by atoms with Gasteiger partial charge in [0.2, 0.25) is 5.91 Å². The second kappa shape index (κ2) is 9.09. The van der Waals surface area contributed by atoms with Gasteiger partial charge >= 0.3 is 0 Å². The Morgan fingerprint density at radius 1 is 1.22 bits per heavy atom. The number of carbonyl (C=O) groups is 3. The maximum atomic E-state index is 12.6. The molecular weight excluding hydrogens is 428 g/mol. The van der Waals surface area contributed by atoms with Crippen molar-refractivity contribution in [3.63, 3.8) is 0 Å². The van der Waals surface area contributed by atoms with Crippen LogP contribution in [0.1, 0.15) is 24.1 Å². The van der Waals surface area contributed by atoms with Crippen molar-refractivity contribution in [1.29, 1.82) is 0 Å². The van der Waals surface area contributed by atoms with Crippen LogP contribution in [0.5, 0.6) is 0 Å². The third kappa shape index (κ3) is 4.46. The van der Waals surface area contributed by atoms with Gasteiger partial charge in [0.1, 0.15) is 0 Å². The van der Waals surface area contributed by atoms with Gasteiger partial charge in [0.05, 0.1) is 19.0 Å². The number of ether oxygens (including phenoxy) is 1. The number of morpholine rings is 1. The van der Waals surface area contributed by atoms with Gasteiger partial charge < -0.3 is 15.0 Å². The van der Waals surface area contributed by atoms with Crippen LogP contribution in [-0.2, 0) is 20.9 Å². The molecule has 2 N–H and O–H groups in total. The molecule has 1 atom stereocenters. The van der Waals surface area contributed by atoms with E-state index in [1.807, 2.05) is 18.3 Å². The molecule has 1 aromatic heterocycles. The number of hydrogen-bond acceptors (Lipinski definition) is 6. The zero-order chi connectivity index (χ0) is 22.1. The van der Waals surface area contributed by atoms with Gasteiger partial charge in [-0.15, -0.1) is 0 Å². The van der Waals surface area contributed by atoms with Gasteiger partial charge in [0.15, 0.2) is 0 Å². The van der Waals surface area contributed by atoms with Crippen molar-refractivity contribution in [2.24, 2.45) is 5.92 Å². The molecule has 4 heterocycles. The molecule has 0 radical (unpaired) electrons. The Bertz CT molecular complexity index is 1020. The van der Waals surface area contributed by atoms with E-state index in [-0.39, 0.29) is 28.7 Å². The first-order valence-electron chi connectivity index (χ1n) is 11.0. The molecule has 5 rings (SSSR count). The van der Waals surface area contributed by atoms with Crippen molar-refractivity contribution in [3.05, 3.63) is 52.5 Å². The van der Waals surface area contributed by atoms with Gasteiger partial charge in [-0.2, -0.15) is 0 Å². The van der Waals surface area contributed by atoms with Crippen LogP contribution in [0.2, 0.25) is 0 Å². The highest BCUT2D eigenvalue weighted by Crippen LogP contribution is 2.35. The molecule has 0 bridgehead atoms. The van der Waals surface area contributed by atoms with Crippen molar-refractivity contribution < 1.29 is 19.1 Å². The number of hydrogen-bond donors (Lipinski definition) is 2. The molecule has 0 saturated carbocycles. The number of carbonyl (C=O) groups excluding carboxylic acids is 3. The highest BCUT2D eigenvalue weighted by atomic mass is 32.2. The van der Waals surface area contributed by atoms with Crippen molar-refractivity contribution in [2.75, 3.05) is 38.6 Å². The van der Waals surface area contributed by atoms with Crippen LogP contribution in [-0.4, -0.2) is 70.4 Å². The summed E-state index contributed by atoms with van der Waals surface area (Å²) in [6.07, 6.45) is 9.33. The van der Waals surface area contributed by atoms with Crippen LogP contribution in [0.3, 0.4) is 0 Å². The molecule has 9 heteroatoms. The smallest absolute Gasteiger partial charge is 0.288 e. The Morgan fingerprint density at radius 2 is 2.06 bits per heavy atom. The lowest BCUT2D eigenvalue weighted by atomic mass is 9.87. The number of imide groups is 1. The fourth-order valence-corrected chi connectivity index (χ4v) is 5.27. The standard InChI is InChI=1S/C23H26N4O4S/c28-21-14-32-23(30)27(21)4-3-15-1-2-20-18(10-15)19(22(29)25-20)11-17-9-16(12-24-17)13-26-5-7-31-8-6-26/h1-2,9,11-12,15,24H,3-8,10,13-14H2,(H,25,29). The van der Waals surface area contributed by atoms with Crippen LogP contribution >= 0.6 is 11.8 Å². The molecule has 32 heavy (non-hydrogen) atoms. The summed E-state index contributed by atoms with van der Waals surface area (Å²) >= 11 is 1.06. The molecule has 4 aliphatic rings. The minimum Gasteiger partial charge on any atom is -0.379 e. The number of aromatic nitrogens is 1. The summed E-state index contributed by atoms with van der Waals surface area (Å²) in [5.41, 5.74) is 4.62. The van der Waals surface area contributed by atoms with E-state index in [0.29, 0.717) is 25.0 Å². The van der Waals surface area contributed by atoms with Gasteiger partial charge in [-0.05, 0) is 48.1 Å². The second-order valence-electron chi connectivity index (χ2n) is 8.47. The summed E-state index contributed by atoms with van der Waals surface area (Å²) < 4.78 is 5.41. The second-order valence-corrected chi connectivity index (χ2v) is 9.39. The number of H-pyrrole nitrogens is 1. The molecule has 2 fully saturated rings. The molecule has 1 unspecified atom stereocenters. The van der Waals surface area contributed by atoms with Gasteiger partial charge in [-0.3, -0.25) is 24.2 Å². The average molecular weight is 455 g/mol. The molecule has 1 aromatic rings. The summed E-state index contributed by atoms with van der Waals surface area (Å²) in [5.74, 6) is 0.212. The summed E-state index contributed by atoms with van der Waals surface area (Å²) in [6, 6.07) is 2.09. The minimum atomic E-state index is -0.160. The number of amides is 3. The molecule has 3 aliphatic heterocycles. The van der Waals surface area contributed by atoms with Crippen molar-refractivity contribution >= 4 is 34.9 Å². The Hall–Kier alpha value is -2.62. The van der Waals surface area contributed by atoms with E-state index in [1.165, 1.54) is 10.5 Å². The highest BCUT2D eigenvalue weighted by molar-refractivity contribution is 8.14. The number of aromatic amines is 1. The fraction of sp³-hybridized carbons (Fsp3) is 0.435. The van der Waals surface area contributed by atoms with Crippen LogP contribution in [0, 0.1) is 5.92 Å². The molecule has 168 valence electrons. The zero-order valence-corrected chi connectivity index (χ0v) is 18.6. The van der Waals surface area contributed by atoms with Crippen molar-refractivity contribution in [1.82, 2.24) is 20.1 Å². The first-order chi connectivity index (χ1) is 15.6. The van der Waals surface area contributed by atoms with Crippen LogP contribution in [0.25, 0.3) is 6.08 Å². The molecule has 8 nitrogen and oxygen atoms in total. The van der Waals surface area contributed by atoms with Gasteiger partial charge in [-0.25, -0.2) is 0 Å². The topological polar surface area (TPSA) is 94.7 Å². The SMILES string of the molecule is O=C1NC2=C(CC(CCN3C(=O)CSC3=O)C=C2)C1=Cc1cc(CN2CCOCC2)c[nH]1. The monoisotopic (exact) mass is 454 g/mol. The van der Waals surface area contributed by atoms with E-state index in [1.54, 1.807) is 0 Å². The molecule has 1 aliphatic carbocycles. The van der Waals surface area contributed by atoms with E-state index < -0.39 is 0 Å². The Balaban J connectivity index is 1.25. The maximum absolute atomic E-state index is 12.6. The first-order valence-corrected chi connectivity index (χ1v) is 11.9. The number of nitrogens with one attached hydrogen (secondary N) is 2. The summed E-state index contributed by atoms with van der Waals surface area (Å²) in [5, 5.41) is 2.80. The molecule has 3 amide bonds. The van der Waals surface area contributed by atoms with Gasteiger partial charge in [0, 0.05) is 49.3 Å². The predicted octanol–water partition coefficient (Wildman–Crippen LogP) is 2.28. The number of nitrogens with zero attached hydrogens (tertiary/aromatic N) is 2. The molecule has 0 spiro atoms. The van der Waals surface area contributed by atoms with Crippen molar-refractivity contribution in [2.45, 2.75) is 19.4 Å². The molecular formula is C23H26N4O4S. The normalized spacial score (nSPS) is 25.2. The lowest BCUT2D eigenvalue weighted by Crippen LogP contribution is -2.35. The van der Waals surface area contributed by atoms with E-state index in [2.05, 4.69) is 27.3 Å². The number of rotatable bonds is 6. The van der Waals surface area contributed by atoms with Crippen LogP contribution in [0.15, 0.2) is 41.3 Å². The average Bonchev–Trinajstić information content (AvgIpc) is 3.46. The first kappa shape index (κ1) is 21.2. The number of thioether (sulfide) groups is 1. The lowest BCUT2D eigenvalue weighted by molar-refractivity contribution is -0.124. The minimum absolute atomic E-state index is 0.0917. The molecule has 2 saturated heterocycles. The largest absolute Gasteiger partial charge is 0.379 e. The van der Waals surface area contributed by atoms with Gasteiger partial charge in [0.25, 0.3) is 11.1 Å². The lowest BCUT2D eigenvalue weighted by Gasteiger charge is -2.25. The van der Waals surface area contributed by atoms with E-state index in [4.69, 9.17) is 4.74 Å². The van der Waals surface area contributed by atoms with Crippen LogP contribution in [0.4, 0.5) is 4.79 Å². The number of allylic oxidation sites excluding steroid dienone is 2. The van der Waals surface area contributed by atoms with E-state index >= 15 is 0 Å². The predicted molar refractivity (Wildman–Crippen MR) is 121 cm³/mol. The van der Waals surface area contributed by atoms with Gasteiger partial charge in [-0.1, -0.05) is 17.8 Å².